The fraction of sp³-hybridized carbons (Fsp3) is 0.350. The van der Waals surface area contributed by atoms with Crippen molar-refractivity contribution in [2.45, 2.75) is 11.3 Å². The lowest BCUT2D eigenvalue weighted by Crippen LogP contribution is -2.40. The molecule has 0 saturated heterocycles. The number of hydrogen-bond donors (Lipinski definition) is 0. The molecule has 0 saturated carbocycles. The highest BCUT2D eigenvalue weighted by Crippen LogP contribution is 2.27. The molecule has 2 aromatic rings. The van der Waals surface area contributed by atoms with E-state index in [0.29, 0.717) is 24.5 Å². The lowest BCUT2D eigenvalue weighted by atomic mass is 10.1. The second-order valence-corrected chi connectivity index (χ2v) is 9.43. The number of ether oxygens (including phenoxy) is 2. The Kier molecular flexibility index (Phi) is 8.06. The Morgan fingerprint density at radius 2 is 1.62 bits per heavy atom. The Bertz CT molecular complexity index is 948. The van der Waals surface area contributed by atoms with Gasteiger partial charge >= 0.3 is 0 Å². The Morgan fingerprint density at radius 3 is 2.21 bits per heavy atom. The zero-order chi connectivity index (χ0) is 21.6. The predicted octanol–water partition coefficient (Wildman–Crippen LogP) is 2.79. The summed E-state index contributed by atoms with van der Waals surface area (Å²) in [6.45, 7) is 0.210. The summed E-state index contributed by atoms with van der Waals surface area (Å²) in [7, 11) is 2.46. The molecule has 0 heterocycles. The average Bonchev–Trinajstić information content (AvgIpc) is 2.71. The van der Waals surface area contributed by atoms with Crippen molar-refractivity contribution in [1.29, 1.82) is 0 Å². The van der Waals surface area contributed by atoms with E-state index in [0.717, 1.165) is 14.3 Å². The summed E-state index contributed by atoms with van der Waals surface area (Å²) in [5.74, 6) is 0.980. The number of carbonyl (C=O) groups excluding carboxylic acids is 1. The second kappa shape index (κ2) is 10.1. The average molecular weight is 485 g/mol. The van der Waals surface area contributed by atoms with Crippen LogP contribution >= 0.6 is 15.9 Å². The van der Waals surface area contributed by atoms with Gasteiger partial charge in [-0.1, -0.05) is 22.0 Å². The summed E-state index contributed by atoms with van der Waals surface area (Å²) in [6.07, 6.45) is 0.603. The molecule has 0 atom stereocenters. The van der Waals surface area contributed by atoms with Crippen molar-refractivity contribution in [2.24, 2.45) is 0 Å². The number of methoxy groups -OCH3 is 2. The molecule has 0 spiro atoms. The number of carbonyl (C=O) groups is 1. The van der Waals surface area contributed by atoms with E-state index in [1.54, 1.807) is 33.4 Å². The molecule has 0 fully saturated rings. The van der Waals surface area contributed by atoms with E-state index in [2.05, 4.69) is 15.9 Å². The first kappa shape index (κ1) is 23.2. The molecule has 0 radical (unpaired) electrons. The van der Waals surface area contributed by atoms with Crippen LogP contribution in [-0.2, 0) is 21.2 Å². The minimum absolute atomic E-state index is 0.143. The Balaban J connectivity index is 1.97. The van der Waals surface area contributed by atoms with Crippen LogP contribution in [0.1, 0.15) is 5.56 Å². The van der Waals surface area contributed by atoms with E-state index >= 15 is 0 Å². The van der Waals surface area contributed by atoms with E-state index in [-0.39, 0.29) is 17.3 Å². The number of rotatable bonds is 9. The SMILES string of the molecule is COc1ccc(CCN(C)C(=O)CN(C)S(=O)(=O)c2ccc(Br)cc2)cc1OC. The smallest absolute Gasteiger partial charge is 0.243 e. The molecule has 1 amide bonds. The van der Waals surface area contributed by atoms with Gasteiger partial charge in [0.15, 0.2) is 11.5 Å². The van der Waals surface area contributed by atoms with Crippen LogP contribution in [0.4, 0.5) is 0 Å². The van der Waals surface area contributed by atoms with Gasteiger partial charge < -0.3 is 14.4 Å². The van der Waals surface area contributed by atoms with Crippen molar-refractivity contribution in [3.63, 3.8) is 0 Å². The van der Waals surface area contributed by atoms with Gasteiger partial charge in [0.2, 0.25) is 15.9 Å². The number of sulfonamides is 1. The Hall–Kier alpha value is -2.10. The topological polar surface area (TPSA) is 76.2 Å². The maximum Gasteiger partial charge on any atom is 0.243 e. The molecule has 29 heavy (non-hydrogen) atoms. The first-order chi connectivity index (χ1) is 13.7. The van der Waals surface area contributed by atoms with Crippen molar-refractivity contribution in [3.05, 3.63) is 52.5 Å². The van der Waals surface area contributed by atoms with E-state index < -0.39 is 10.0 Å². The molecule has 0 aliphatic heterocycles. The van der Waals surface area contributed by atoms with Crippen LogP contribution in [0.2, 0.25) is 0 Å². The summed E-state index contributed by atoms with van der Waals surface area (Å²) in [6, 6.07) is 11.9. The zero-order valence-corrected chi connectivity index (χ0v) is 19.3. The van der Waals surface area contributed by atoms with Crippen LogP contribution < -0.4 is 9.47 Å². The number of amides is 1. The minimum atomic E-state index is -3.73. The molecule has 0 unspecified atom stereocenters. The molecule has 0 aromatic heterocycles. The van der Waals surface area contributed by atoms with Crippen LogP contribution in [0.25, 0.3) is 0 Å². The molecule has 0 N–H and O–H groups in total. The number of likely N-dealkylation sites (N-methyl/N-ethyl adjacent to an activating group) is 2. The van der Waals surface area contributed by atoms with Crippen molar-refractivity contribution in [3.8, 4) is 11.5 Å². The van der Waals surface area contributed by atoms with Crippen LogP contribution in [0, 0.1) is 0 Å². The van der Waals surface area contributed by atoms with E-state index in [9.17, 15) is 13.2 Å². The molecule has 0 bridgehead atoms. The summed E-state index contributed by atoms with van der Waals surface area (Å²) in [5.41, 5.74) is 0.984. The highest BCUT2D eigenvalue weighted by molar-refractivity contribution is 9.10. The molecule has 2 aromatic carbocycles. The minimum Gasteiger partial charge on any atom is -0.493 e. The van der Waals surface area contributed by atoms with Crippen molar-refractivity contribution < 1.29 is 22.7 Å². The van der Waals surface area contributed by atoms with Gasteiger partial charge in [-0.05, 0) is 48.4 Å². The fourth-order valence-corrected chi connectivity index (χ4v) is 4.02. The summed E-state index contributed by atoms with van der Waals surface area (Å²) < 4.78 is 37.6. The van der Waals surface area contributed by atoms with Gasteiger partial charge in [-0.2, -0.15) is 4.31 Å². The first-order valence-corrected chi connectivity index (χ1v) is 11.1. The van der Waals surface area contributed by atoms with Crippen LogP contribution in [0.5, 0.6) is 11.5 Å². The summed E-state index contributed by atoms with van der Waals surface area (Å²) >= 11 is 3.28. The third-order valence-corrected chi connectivity index (χ3v) is 6.84. The third kappa shape index (κ3) is 5.94. The van der Waals surface area contributed by atoms with Crippen molar-refractivity contribution in [1.82, 2.24) is 9.21 Å². The largest absolute Gasteiger partial charge is 0.493 e. The highest BCUT2D eigenvalue weighted by Gasteiger charge is 2.24. The highest BCUT2D eigenvalue weighted by atomic mass is 79.9. The van der Waals surface area contributed by atoms with Gasteiger partial charge in [-0.15, -0.1) is 0 Å². The number of halogens is 1. The Labute approximate surface area is 180 Å². The van der Waals surface area contributed by atoms with Crippen LogP contribution in [0.15, 0.2) is 51.8 Å². The number of benzene rings is 2. The van der Waals surface area contributed by atoms with Gasteiger partial charge in [-0.25, -0.2) is 8.42 Å². The molecule has 2 rings (SSSR count). The molecular weight excluding hydrogens is 460 g/mol. The quantitative estimate of drug-likeness (QED) is 0.546. The lowest BCUT2D eigenvalue weighted by molar-refractivity contribution is -0.129. The fourth-order valence-electron chi connectivity index (χ4n) is 2.64. The molecular formula is C20H25BrN2O5S. The maximum absolute atomic E-state index is 12.6. The van der Waals surface area contributed by atoms with Crippen LogP contribution in [-0.4, -0.2) is 64.9 Å². The normalized spacial score (nSPS) is 11.4. The number of nitrogens with zero attached hydrogens (tertiary/aromatic N) is 2. The van der Waals surface area contributed by atoms with Gasteiger partial charge in [-0.3, -0.25) is 4.79 Å². The van der Waals surface area contributed by atoms with Crippen LogP contribution in [0.3, 0.4) is 0 Å². The molecule has 9 heteroatoms. The molecule has 0 aliphatic carbocycles. The Morgan fingerprint density at radius 1 is 1.00 bits per heavy atom. The monoisotopic (exact) mass is 484 g/mol. The summed E-state index contributed by atoms with van der Waals surface area (Å²) in [5, 5.41) is 0. The van der Waals surface area contributed by atoms with Gasteiger partial charge in [0.1, 0.15) is 0 Å². The lowest BCUT2D eigenvalue weighted by Gasteiger charge is -2.22. The zero-order valence-electron chi connectivity index (χ0n) is 16.9. The number of hydrogen-bond acceptors (Lipinski definition) is 5. The van der Waals surface area contributed by atoms with Gasteiger partial charge in [0, 0.05) is 25.1 Å². The molecule has 7 nitrogen and oxygen atoms in total. The summed E-state index contributed by atoms with van der Waals surface area (Å²) in [4.78, 5) is 14.2. The predicted molar refractivity (Wildman–Crippen MR) is 115 cm³/mol. The first-order valence-electron chi connectivity index (χ1n) is 8.85. The molecule has 158 valence electrons. The second-order valence-electron chi connectivity index (χ2n) is 6.47. The molecule has 0 aliphatic rings. The van der Waals surface area contributed by atoms with E-state index in [1.807, 2.05) is 18.2 Å². The van der Waals surface area contributed by atoms with E-state index in [4.69, 9.17) is 9.47 Å². The third-order valence-electron chi connectivity index (χ3n) is 4.49. The van der Waals surface area contributed by atoms with Gasteiger partial charge in [0.25, 0.3) is 0 Å². The van der Waals surface area contributed by atoms with Crippen molar-refractivity contribution >= 4 is 31.9 Å². The standard InChI is InChI=1S/C20H25BrN2O5S/c1-22(12-11-15-5-10-18(27-3)19(13-15)28-4)20(24)14-23(2)29(25,26)17-8-6-16(21)7-9-17/h5-10,13H,11-12,14H2,1-4H3. The maximum atomic E-state index is 12.6. The van der Waals surface area contributed by atoms with Crippen molar-refractivity contribution in [2.75, 3.05) is 41.4 Å². The van der Waals surface area contributed by atoms with Gasteiger partial charge in [0.05, 0.1) is 25.7 Å². The van der Waals surface area contributed by atoms with E-state index in [1.165, 1.54) is 24.1 Å².